The Morgan fingerprint density at radius 2 is 2.00 bits per heavy atom. The van der Waals surface area contributed by atoms with E-state index in [0.717, 1.165) is 11.5 Å². The molecule has 0 spiro atoms. The Hall–Kier alpha value is -2.65. The lowest BCUT2D eigenvalue weighted by molar-refractivity contribution is -0.137. The van der Waals surface area contributed by atoms with E-state index in [1.54, 1.807) is 19.2 Å². The van der Waals surface area contributed by atoms with Crippen molar-refractivity contribution in [2.45, 2.75) is 6.18 Å². The predicted octanol–water partition coefficient (Wildman–Crippen LogP) is 3.92. The van der Waals surface area contributed by atoms with Crippen LogP contribution in [0.25, 0.3) is 22.2 Å². The molecular weight excluding hydrogens is 362 g/mol. The van der Waals surface area contributed by atoms with Gasteiger partial charge in [-0.3, -0.25) is 0 Å². The molecule has 2 aromatic heterocycles. The predicted molar refractivity (Wildman–Crippen MR) is 97.0 cm³/mol. The third kappa shape index (κ3) is 2.99. The van der Waals surface area contributed by atoms with Gasteiger partial charge in [0.25, 0.3) is 0 Å². The highest BCUT2D eigenvalue weighted by atomic mass is 31.1. The molecule has 9 heteroatoms. The van der Waals surface area contributed by atoms with Crippen molar-refractivity contribution in [3.8, 4) is 17.3 Å². The average molecular weight is 377 g/mol. The van der Waals surface area contributed by atoms with Crippen molar-refractivity contribution in [1.29, 1.82) is 5.26 Å². The molecule has 134 valence electrons. The molecule has 0 saturated heterocycles. The molecule has 0 unspecified atom stereocenters. The van der Waals surface area contributed by atoms with Crippen LogP contribution in [-0.2, 0) is 6.18 Å². The highest BCUT2D eigenvalue weighted by Gasteiger charge is 2.36. The summed E-state index contributed by atoms with van der Waals surface area (Å²) in [5.41, 5.74) is 0.423. The fourth-order valence-corrected chi connectivity index (χ4v) is 4.09. The largest absolute Gasteiger partial charge is 0.419 e. The molecule has 0 aliphatic heterocycles. The normalized spacial score (nSPS) is 11.8. The maximum Gasteiger partial charge on any atom is 0.419 e. The number of nitrogens with one attached hydrogen (secondary N) is 2. The number of H-pyrrole nitrogens is 1. The Balaban J connectivity index is 2.34. The third-order valence-corrected chi connectivity index (χ3v) is 5.33. The summed E-state index contributed by atoms with van der Waals surface area (Å²) in [5, 5.41) is 13.4. The number of nitrogens with zero attached hydrogens (tertiary/aromatic N) is 3. The van der Waals surface area contributed by atoms with Gasteiger partial charge in [0.1, 0.15) is 5.56 Å². The van der Waals surface area contributed by atoms with Crippen molar-refractivity contribution < 1.29 is 13.2 Å². The monoisotopic (exact) mass is 377 g/mol. The number of fused-ring (bicyclic) bond motifs is 1. The summed E-state index contributed by atoms with van der Waals surface area (Å²) in [6.07, 6.45) is -2.29. The minimum atomic E-state index is -4.58. The van der Waals surface area contributed by atoms with E-state index in [9.17, 15) is 18.4 Å². The molecule has 0 fully saturated rings. The molecule has 5 nitrogen and oxygen atoms in total. The fraction of sp³-hybridized carbons (Fsp3) is 0.235. The minimum Gasteiger partial charge on any atom is -0.360 e. The van der Waals surface area contributed by atoms with Crippen LogP contribution in [-0.4, -0.2) is 35.3 Å². The molecule has 0 aliphatic carbocycles. The Morgan fingerprint density at radius 1 is 1.27 bits per heavy atom. The summed E-state index contributed by atoms with van der Waals surface area (Å²) in [6.45, 7) is 3.99. The van der Waals surface area contributed by atoms with Gasteiger partial charge in [-0.05, 0) is 19.4 Å². The molecule has 0 bridgehead atoms. The molecule has 3 aromatic rings. The molecular formula is C17H15F3N5P. The molecule has 2 N–H and O–H groups in total. The first-order valence-electron chi connectivity index (χ1n) is 7.61. The summed E-state index contributed by atoms with van der Waals surface area (Å²) in [6, 6.07) is 5.45. The molecule has 0 saturated carbocycles. The van der Waals surface area contributed by atoms with Crippen molar-refractivity contribution in [2.24, 2.45) is 0 Å². The van der Waals surface area contributed by atoms with Crippen molar-refractivity contribution >= 4 is 30.1 Å². The molecule has 2 heterocycles. The number of aromatic nitrogens is 3. The van der Waals surface area contributed by atoms with Crippen molar-refractivity contribution in [2.75, 3.05) is 25.7 Å². The van der Waals surface area contributed by atoms with Gasteiger partial charge in [0.05, 0.1) is 22.8 Å². The fourth-order valence-electron chi connectivity index (χ4n) is 2.85. The first-order valence-corrected chi connectivity index (χ1v) is 9.85. The Labute approximate surface area is 149 Å². The topological polar surface area (TPSA) is 77.4 Å². The molecule has 1 aromatic carbocycles. The molecule has 26 heavy (non-hydrogen) atoms. The van der Waals surface area contributed by atoms with Crippen LogP contribution < -0.4 is 10.6 Å². The summed E-state index contributed by atoms with van der Waals surface area (Å²) in [7, 11) is 0.904. The van der Waals surface area contributed by atoms with Gasteiger partial charge >= 0.3 is 6.18 Å². The van der Waals surface area contributed by atoms with Gasteiger partial charge in [0.2, 0.25) is 5.95 Å². The van der Waals surface area contributed by atoms with Crippen LogP contribution >= 0.6 is 7.92 Å². The zero-order valence-corrected chi connectivity index (χ0v) is 15.1. The van der Waals surface area contributed by atoms with E-state index >= 15 is 0 Å². The quantitative estimate of drug-likeness (QED) is 0.678. The van der Waals surface area contributed by atoms with Crippen LogP contribution in [0.2, 0.25) is 0 Å². The number of nitriles is 1. The van der Waals surface area contributed by atoms with Crippen LogP contribution in [0.3, 0.4) is 0 Å². The van der Waals surface area contributed by atoms with E-state index in [2.05, 4.69) is 26.3 Å². The second kappa shape index (κ2) is 6.58. The standard InChI is InChI=1S/C17H15F3N5P/c1-22-16-24-8-12(17(18,19)20)13(25-16)11-7-23-14-10(11)5-4-9(6-21)15(14)26(2)3/h4-5,7-8,23H,1-3H3,(H,22,24,25). The van der Waals surface area contributed by atoms with Gasteiger partial charge in [-0.15, -0.1) is 0 Å². The van der Waals surface area contributed by atoms with Crippen LogP contribution in [0.4, 0.5) is 19.1 Å². The summed E-state index contributed by atoms with van der Waals surface area (Å²) < 4.78 is 40.4. The zero-order valence-electron chi connectivity index (χ0n) is 14.2. The van der Waals surface area contributed by atoms with Crippen LogP contribution in [0, 0.1) is 11.3 Å². The maximum atomic E-state index is 13.5. The molecule has 0 radical (unpaired) electrons. The second-order valence-corrected chi connectivity index (χ2v) is 8.03. The summed E-state index contributed by atoms with van der Waals surface area (Å²) in [4.78, 5) is 10.8. The van der Waals surface area contributed by atoms with Crippen molar-refractivity contribution in [1.82, 2.24) is 15.0 Å². The number of hydrogen-bond acceptors (Lipinski definition) is 4. The molecule has 3 rings (SSSR count). The number of benzene rings is 1. The Morgan fingerprint density at radius 3 is 2.58 bits per heavy atom. The van der Waals surface area contributed by atoms with E-state index in [1.165, 1.54) is 6.20 Å². The SMILES string of the molecule is CNc1ncc(C(F)(F)F)c(-c2c[nH]c3c(P(C)C)c(C#N)ccc23)n1. The second-order valence-electron chi connectivity index (χ2n) is 5.80. The van der Waals surface area contributed by atoms with Gasteiger partial charge in [0, 0.05) is 35.7 Å². The van der Waals surface area contributed by atoms with Gasteiger partial charge in [-0.2, -0.15) is 18.4 Å². The molecule has 0 aliphatic rings. The first kappa shape index (κ1) is 18.2. The van der Waals surface area contributed by atoms with E-state index in [0.29, 0.717) is 22.0 Å². The van der Waals surface area contributed by atoms with Gasteiger partial charge in [-0.1, -0.05) is 14.0 Å². The number of halogens is 3. The maximum absolute atomic E-state index is 13.5. The lowest BCUT2D eigenvalue weighted by Gasteiger charge is -2.13. The average Bonchev–Trinajstić information content (AvgIpc) is 3.02. The molecule has 0 atom stereocenters. The van der Waals surface area contributed by atoms with Gasteiger partial charge < -0.3 is 10.3 Å². The van der Waals surface area contributed by atoms with Gasteiger partial charge in [-0.25, -0.2) is 9.97 Å². The minimum absolute atomic E-state index is 0.101. The lowest BCUT2D eigenvalue weighted by atomic mass is 10.0. The van der Waals surface area contributed by atoms with Gasteiger partial charge in [0.15, 0.2) is 0 Å². The lowest BCUT2D eigenvalue weighted by Crippen LogP contribution is -2.11. The Kier molecular flexibility index (Phi) is 4.59. The van der Waals surface area contributed by atoms with Crippen LogP contribution in [0.5, 0.6) is 0 Å². The van der Waals surface area contributed by atoms with Crippen molar-refractivity contribution in [3.05, 3.63) is 35.7 Å². The van der Waals surface area contributed by atoms with Crippen LogP contribution in [0.1, 0.15) is 11.1 Å². The van der Waals surface area contributed by atoms with Crippen molar-refractivity contribution in [3.63, 3.8) is 0 Å². The smallest absolute Gasteiger partial charge is 0.360 e. The van der Waals surface area contributed by atoms with E-state index in [-0.39, 0.29) is 11.6 Å². The number of anilines is 1. The Bertz CT molecular complexity index is 1020. The third-order valence-electron chi connectivity index (χ3n) is 3.97. The zero-order chi connectivity index (χ0) is 19.1. The van der Waals surface area contributed by atoms with E-state index in [4.69, 9.17) is 0 Å². The van der Waals surface area contributed by atoms with E-state index < -0.39 is 19.7 Å². The van der Waals surface area contributed by atoms with Crippen LogP contribution in [0.15, 0.2) is 24.5 Å². The number of hydrogen-bond donors (Lipinski definition) is 2. The summed E-state index contributed by atoms with van der Waals surface area (Å²) in [5.74, 6) is 0.101. The summed E-state index contributed by atoms with van der Waals surface area (Å²) >= 11 is 0. The number of alkyl halides is 3. The highest BCUT2D eigenvalue weighted by Crippen LogP contribution is 2.40. The molecule has 0 amide bonds. The van der Waals surface area contributed by atoms with E-state index in [1.807, 2.05) is 13.3 Å². The highest BCUT2D eigenvalue weighted by molar-refractivity contribution is 7.64. The first-order chi connectivity index (χ1) is 12.3. The number of rotatable bonds is 3. The number of aromatic amines is 1.